The van der Waals surface area contributed by atoms with Crippen molar-refractivity contribution >= 4 is 20.1 Å². The second kappa shape index (κ2) is 11.8. The van der Waals surface area contributed by atoms with Crippen molar-refractivity contribution in [2.45, 2.75) is 97.7 Å². The van der Waals surface area contributed by atoms with Gasteiger partial charge >= 0.3 is 0 Å². The van der Waals surface area contributed by atoms with Crippen LogP contribution in [0.15, 0.2) is 41.4 Å². The van der Waals surface area contributed by atoms with Gasteiger partial charge in [0.05, 0.1) is 5.54 Å². The van der Waals surface area contributed by atoms with E-state index in [0.29, 0.717) is 8.58 Å². The lowest BCUT2D eigenvalue weighted by Gasteiger charge is -2.35. The summed E-state index contributed by atoms with van der Waals surface area (Å²) in [5.41, 5.74) is 4.99. The van der Waals surface area contributed by atoms with Crippen molar-refractivity contribution in [1.29, 1.82) is 0 Å². The molecule has 2 unspecified atom stereocenters. The summed E-state index contributed by atoms with van der Waals surface area (Å²) in [6.45, 7) is 20.4. The maximum atomic E-state index is 6.23. The second-order valence-electron chi connectivity index (χ2n) is 11.5. The van der Waals surface area contributed by atoms with Crippen molar-refractivity contribution in [2.75, 3.05) is 13.9 Å². The summed E-state index contributed by atoms with van der Waals surface area (Å²) in [6, 6.07) is 13.4. The summed E-state index contributed by atoms with van der Waals surface area (Å²) in [7, 11) is 2.28. The van der Waals surface area contributed by atoms with Crippen LogP contribution >= 0.6 is 8.58 Å². The van der Waals surface area contributed by atoms with Gasteiger partial charge in [0.15, 0.2) is 6.79 Å². The fourth-order valence-corrected chi connectivity index (χ4v) is 5.69. The SMILES string of the molecule is CCCCC(C)(Pc1ccccc1C=NC(C)(C)C)c1cc(C(C)(C)C)cc(C)c1OCOC. The number of rotatable bonds is 10. The zero-order chi connectivity index (χ0) is 25.6. The molecule has 2 atom stereocenters. The molecule has 0 saturated heterocycles. The van der Waals surface area contributed by atoms with Crippen LogP contribution in [0.1, 0.15) is 96.9 Å². The Morgan fingerprint density at radius 2 is 1.68 bits per heavy atom. The predicted octanol–water partition coefficient (Wildman–Crippen LogP) is 7.90. The van der Waals surface area contributed by atoms with Gasteiger partial charge in [-0.15, -0.1) is 0 Å². The van der Waals surface area contributed by atoms with E-state index in [1.165, 1.54) is 40.4 Å². The molecule has 0 N–H and O–H groups in total. The average Bonchev–Trinajstić information content (AvgIpc) is 2.74. The predicted molar refractivity (Wildman–Crippen MR) is 151 cm³/mol. The van der Waals surface area contributed by atoms with Crippen LogP contribution in [0.3, 0.4) is 0 Å². The standard InChI is InChI=1S/C30H46NO2P/c1-11-12-17-30(9,34-26-16-14-13-15-23(26)20-31-29(6,7)8)25-19-24(28(3,4)5)18-22(2)27(25)33-21-32-10/h13-16,18-20,34H,11-12,17,21H2,1-10H3. The largest absolute Gasteiger partial charge is 0.467 e. The topological polar surface area (TPSA) is 30.8 Å². The average molecular weight is 484 g/mol. The molecule has 2 rings (SSSR count). The summed E-state index contributed by atoms with van der Waals surface area (Å²) >= 11 is 0. The van der Waals surface area contributed by atoms with E-state index in [4.69, 9.17) is 14.5 Å². The highest BCUT2D eigenvalue weighted by atomic mass is 31.1. The molecule has 0 fully saturated rings. The van der Waals surface area contributed by atoms with Crippen LogP contribution in [0, 0.1) is 6.92 Å². The Hall–Kier alpha value is -1.70. The van der Waals surface area contributed by atoms with E-state index >= 15 is 0 Å². The molecule has 0 radical (unpaired) electrons. The van der Waals surface area contributed by atoms with Gasteiger partial charge in [0, 0.05) is 24.0 Å². The van der Waals surface area contributed by atoms with Gasteiger partial charge in [-0.05, 0) is 61.5 Å². The van der Waals surface area contributed by atoms with Crippen molar-refractivity contribution in [3.05, 3.63) is 58.7 Å². The molecular formula is C30H46NO2P. The molecule has 2 aromatic rings. The van der Waals surface area contributed by atoms with E-state index in [2.05, 4.69) is 105 Å². The molecule has 0 aliphatic heterocycles. The number of ether oxygens (including phenoxy) is 2. The highest BCUT2D eigenvalue weighted by molar-refractivity contribution is 7.48. The summed E-state index contributed by atoms with van der Waals surface area (Å²) in [4.78, 5) is 4.81. The summed E-state index contributed by atoms with van der Waals surface area (Å²) in [5, 5.41) is 1.29. The summed E-state index contributed by atoms with van der Waals surface area (Å²) in [6.07, 6.45) is 5.49. The molecule has 3 nitrogen and oxygen atoms in total. The molecule has 188 valence electrons. The molecule has 0 saturated carbocycles. The molecule has 0 aliphatic carbocycles. The monoisotopic (exact) mass is 483 g/mol. The Labute approximate surface area is 210 Å². The van der Waals surface area contributed by atoms with E-state index in [9.17, 15) is 0 Å². The van der Waals surface area contributed by atoms with Crippen molar-refractivity contribution in [3.63, 3.8) is 0 Å². The van der Waals surface area contributed by atoms with Crippen LogP contribution in [-0.4, -0.2) is 25.7 Å². The Morgan fingerprint density at radius 1 is 1.00 bits per heavy atom. The molecule has 0 aromatic heterocycles. The number of unbranched alkanes of at least 4 members (excludes halogenated alkanes) is 1. The lowest BCUT2D eigenvalue weighted by Crippen LogP contribution is -2.24. The number of nitrogens with zero attached hydrogens (tertiary/aromatic N) is 1. The third kappa shape index (κ3) is 7.92. The first-order valence-corrected chi connectivity index (χ1v) is 13.5. The number of methoxy groups -OCH3 is 1. The smallest absolute Gasteiger partial charge is 0.188 e. The van der Waals surface area contributed by atoms with Crippen molar-refractivity contribution in [1.82, 2.24) is 0 Å². The van der Waals surface area contributed by atoms with Crippen LogP contribution in [0.5, 0.6) is 5.75 Å². The number of hydrogen-bond donors (Lipinski definition) is 0. The minimum Gasteiger partial charge on any atom is -0.467 e. The van der Waals surface area contributed by atoms with E-state index in [0.717, 1.165) is 12.2 Å². The van der Waals surface area contributed by atoms with Crippen LogP contribution in [0.4, 0.5) is 0 Å². The van der Waals surface area contributed by atoms with Crippen LogP contribution < -0.4 is 10.0 Å². The van der Waals surface area contributed by atoms with E-state index in [1.807, 2.05) is 0 Å². The summed E-state index contributed by atoms with van der Waals surface area (Å²) < 4.78 is 11.5. The maximum Gasteiger partial charge on any atom is 0.188 e. The first-order valence-electron chi connectivity index (χ1n) is 12.5. The second-order valence-corrected chi connectivity index (χ2v) is 13.4. The minimum atomic E-state index is -0.0962. The lowest BCUT2D eigenvalue weighted by molar-refractivity contribution is 0.0495. The van der Waals surface area contributed by atoms with Crippen molar-refractivity contribution in [2.24, 2.45) is 4.99 Å². The third-order valence-corrected chi connectivity index (χ3v) is 7.84. The van der Waals surface area contributed by atoms with Crippen LogP contribution in [0.25, 0.3) is 0 Å². The van der Waals surface area contributed by atoms with Gasteiger partial charge < -0.3 is 9.47 Å². The van der Waals surface area contributed by atoms with Crippen LogP contribution in [-0.2, 0) is 15.3 Å². The Bertz CT molecular complexity index is 969. The van der Waals surface area contributed by atoms with Crippen LogP contribution in [0.2, 0.25) is 0 Å². The quantitative estimate of drug-likeness (QED) is 0.195. The van der Waals surface area contributed by atoms with E-state index in [1.54, 1.807) is 7.11 Å². The molecule has 0 amide bonds. The number of benzene rings is 2. The van der Waals surface area contributed by atoms with Gasteiger partial charge in [0.1, 0.15) is 5.75 Å². The lowest BCUT2D eigenvalue weighted by atomic mass is 9.82. The fourth-order valence-electron chi connectivity index (χ4n) is 4.00. The number of aliphatic imine (C=N–C) groups is 1. The van der Waals surface area contributed by atoms with Gasteiger partial charge in [-0.2, -0.15) is 0 Å². The van der Waals surface area contributed by atoms with Crippen molar-refractivity contribution < 1.29 is 9.47 Å². The normalized spacial score (nSPS) is 14.8. The fraction of sp³-hybridized carbons (Fsp3) is 0.567. The van der Waals surface area contributed by atoms with E-state index in [-0.39, 0.29) is 22.9 Å². The van der Waals surface area contributed by atoms with Gasteiger partial charge in [0.25, 0.3) is 0 Å². The van der Waals surface area contributed by atoms with Gasteiger partial charge in [0.2, 0.25) is 0 Å². The summed E-state index contributed by atoms with van der Waals surface area (Å²) in [5.74, 6) is 0.974. The van der Waals surface area contributed by atoms with Gasteiger partial charge in [-0.1, -0.05) is 92.4 Å². The molecule has 0 aliphatic rings. The molecule has 0 bridgehead atoms. The first kappa shape index (κ1) is 28.5. The molecule has 0 spiro atoms. The van der Waals surface area contributed by atoms with Gasteiger partial charge in [-0.25, -0.2) is 0 Å². The third-order valence-electron chi connectivity index (χ3n) is 6.05. The molecule has 2 aromatic carbocycles. The highest BCUT2D eigenvalue weighted by Crippen LogP contribution is 2.50. The molecule has 34 heavy (non-hydrogen) atoms. The maximum absolute atomic E-state index is 6.23. The zero-order valence-corrected chi connectivity index (χ0v) is 24.1. The molecule has 4 heteroatoms. The van der Waals surface area contributed by atoms with Gasteiger partial charge in [-0.3, -0.25) is 4.99 Å². The molecular weight excluding hydrogens is 437 g/mol. The van der Waals surface area contributed by atoms with E-state index < -0.39 is 0 Å². The Kier molecular flexibility index (Phi) is 9.92. The number of hydrogen-bond acceptors (Lipinski definition) is 3. The highest BCUT2D eigenvalue weighted by Gasteiger charge is 2.33. The number of aryl methyl sites for hydroxylation is 1. The Balaban J connectivity index is 2.68. The van der Waals surface area contributed by atoms with Crippen molar-refractivity contribution in [3.8, 4) is 5.75 Å². The minimum absolute atomic E-state index is 0.0587. The first-order chi connectivity index (χ1) is 15.8. The Morgan fingerprint density at radius 3 is 2.26 bits per heavy atom. The zero-order valence-electron chi connectivity index (χ0n) is 23.1. The molecule has 0 heterocycles.